The highest BCUT2D eigenvalue weighted by atomic mass is 16.6. The SMILES string of the molecule is Nc1nonc1-c1nc2cnccc2n1-c1ccc(OCCO)cc1. The topological polar surface area (TPSA) is 125 Å². The van der Waals surface area contributed by atoms with Crippen molar-refractivity contribution in [1.82, 2.24) is 24.8 Å². The molecule has 4 aromatic rings. The molecule has 1 aromatic carbocycles. The van der Waals surface area contributed by atoms with Gasteiger partial charge in [0.15, 0.2) is 17.3 Å². The minimum atomic E-state index is -0.0382. The van der Waals surface area contributed by atoms with Crippen LogP contribution in [0.25, 0.3) is 28.2 Å². The summed E-state index contributed by atoms with van der Waals surface area (Å²) in [5.74, 6) is 1.33. The van der Waals surface area contributed by atoms with Crippen LogP contribution in [0.1, 0.15) is 0 Å². The fourth-order valence-electron chi connectivity index (χ4n) is 2.56. The first-order valence-corrected chi connectivity index (χ1v) is 7.53. The van der Waals surface area contributed by atoms with Gasteiger partial charge in [-0.3, -0.25) is 9.55 Å². The van der Waals surface area contributed by atoms with Crippen molar-refractivity contribution in [3.8, 4) is 23.0 Å². The highest BCUT2D eigenvalue weighted by Crippen LogP contribution is 2.30. The fraction of sp³-hybridized carbons (Fsp3) is 0.125. The lowest BCUT2D eigenvalue weighted by Crippen LogP contribution is -2.02. The molecule has 9 nitrogen and oxygen atoms in total. The maximum atomic E-state index is 8.84. The van der Waals surface area contributed by atoms with Gasteiger partial charge < -0.3 is 15.6 Å². The number of benzene rings is 1. The molecule has 0 saturated heterocycles. The molecule has 0 bridgehead atoms. The van der Waals surface area contributed by atoms with Crippen LogP contribution in [-0.2, 0) is 0 Å². The molecule has 0 unspecified atom stereocenters. The number of imidazole rings is 1. The van der Waals surface area contributed by atoms with Crippen molar-refractivity contribution in [2.75, 3.05) is 18.9 Å². The number of rotatable bonds is 5. The second-order valence-corrected chi connectivity index (χ2v) is 5.20. The Hall–Kier alpha value is -3.46. The van der Waals surface area contributed by atoms with E-state index in [4.69, 9.17) is 20.2 Å². The Kier molecular flexibility index (Phi) is 3.75. The first kappa shape index (κ1) is 15.1. The van der Waals surface area contributed by atoms with Gasteiger partial charge in [0.25, 0.3) is 0 Å². The van der Waals surface area contributed by atoms with Gasteiger partial charge in [0, 0.05) is 11.9 Å². The average molecular weight is 338 g/mol. The zero-order chi connectivity index (χ0) is 17.2. The van der Waals surface area contributed by atoms with Crippen molar-refractivity contribution in [1.29, 1.82) is 0 Å². The largest absolute Gasteiger partial charge is 0.491 e. The summed E-state index contributed by atoms with van der Waals surface area (Å²) >= 11 is 0. The Morgan fingerprint density at radius 2 is 2.00 bits per heavy atom. The van der Waals surface area contributed by atoms with E-state index in [1.807, 2.05) is 34.9 Å². The molecule has 0 amide bonds. The molecule has 126 valence electrons. The molecule has 0 fully saturated rings. The first-order chi connectivity index (χ1) is 12.3. The number of hydrogen-bond acceptors (Lipinski definition) is 8. The van der Waals surface area contributed by atoms with Crippen LogP contribution >= 0.6 is 0 Å². The van der Waals surface area contributed by atoms with Crippen molar-refractivity contribution in [2.45, 2.75) is 0 Å². The summed E-state index contributed by atoms with van der Waals surface area (Å²) in [4.78, 5) is 8.66. The van der Waals surface area contributed by atoms with Crippen LogP contribution in [0.5, 0.6) is 5.75 Å². The summed E-state index contributed by atoms with van der Waals surface area (Å²) in [6.07, 6.45) is 3.35. The zero-order valence-corrected chi connectivity index (χ0v) is 13.0. The quantitative estimate of drug-likeness (QED) is 0.560. The zero-order valence-electron chi connectivity index (χ0n) is 13.0. The van der Waals surface area contributed by atoms with Crippen LogP contribution in [0, 0.1) is 0 Å². The summed E-state index contributed by atoms with van der Waals surface area (Å²) in [6.45, 7) is 0.203. The van der Waals surface area contributed by atoms with Gasteiger partial charge in [-0.05, 0) is 40.6 Å². The number of aliphatic hydroxyl groups is 1. The van der Waals surface area contributed by atoms with Crippen molar-refractivity contribution in [2.24, 2.45) is 0 Å². The van der Waals surface area contributed by atoms with E-state index in [-0.39, 0.29) is 19.0 Å². The van der Waals surface area contributed by atoms with Crippen molar-refractivity contribution in [3.05, 3.63) is 42.7 Å². The van der Waals surface area contributed by atoms with Crippen molar-refractivity contribution >= 4 is 16.9 Å². The van der Waals surface area contributed by atoms with Gasteiger partial charge in [0.2, 0.25) is 0 Å². The van der Waals surface area contributed by atoms with Gasteiger partial charge in [0.05, 0.1) is 18.3 Å². The third-order valence-electron chi connectivity index (χ3n) is 3.64. The van der Waals surface area contributed by atoms with E-state index in [2.05, 4.69) is 20.3 Å². The lowest BCUT2D eigenvalue weighted by Gasteiger charge is -2.09. The Bertz CT molecular complexity index is 1010. The van der Waals surface area contributed by atoms with Crippen LogP contribution in [0.3, 0.4) is 0 Å². The maximum absolute atomic E-state index is 8.84. The number of nitrogens with zero attached hydrogens (tertiary/aromatic N) is 5. The molecule has 3 N–H and O–H groups in total. The van der Waals surface area contributed by atoms with Crippen LogP contribution in [0.15, 0.2) is 47.4 Å². The van der Waals surface area contributed by atoms with Crippen LogP contribution in [-0.4, -0.2) is 43.2 Å². The molecule has 0 aliphatic rings. The van der Waals surface area contributed by atoms with Crippen molar-refractivity contribution < 1.29 is 14.5 Å². The summed E-state index contributed by atoms with van der Waals surface area (Å²) in [5, 5.41) is 16.3. The number of aromatic nitrogens is 5. The van der Waals surface area contributed by atoms with Gasteiger partial charge in [-0.1, -0.05) is 0 Å². The van der Waals surface area contributed by atoms with Gasteiger partial charge >= 0.3 is 0 Å². The van der Waals surface area contributed by atoms with E-state index in [0.29, 0.717) is 22.8 Å². The highest BCUT2D eigenvalue weighted by Gasteiger charge is 2.20. The van der Waals surface area contributed by atoms with Crippen LogP contribution in [0.4, 0.5) is 5.82 Å². The van der Waals surface area contributed by atoms with Crippen molar-refractivity contribution in [3.63, 3.8) is 0 Å². The monoisotopic (exact) mass is 338 g/mol. The molecule has 0 aliphatic heterocycles. The predicted octanol–water partition coefficient (Wildman–Crippen LogP) is 1.42. The minimum Gasteiger partial charge on any atom is -0.491 e. The smallest absolute Gasteiger partial charge is 0.199 e. The third-order valence-corrected chi connectivity index (χ3v) is 3.64. The summed E-state index contributed by atoms with van der Waals surface area (Å²) in [5.41, 5.74) is 8.57. The van der Waals surface area contributed by atoms with E-state index in [1.54, 1.807) is 12.4 Å². The molecule has 0 saturated carbocycles. The minimum absolute atomic E-state index is 0.0382. The normalized spacial score (nSPS) is 11.1. The molecule has 4 rings (SSSR count). The molecule has 9 heteroatoms. The second-order valence-electron chi connectivity index (χ2n) is 5.20. The summed E-state index contributed by atoms with van der Waals surface area (Å²) in [6, 6.07) is 9.23. The highest BCUT2D eigenvalue weighted by molar-refractivity contribution is 5.83. The van der Waals surface area contributed by atoms with E-state index >= 15 is 0 Å². The number of aliphatic hydroxyl groups excluding tert-OH is 1. The van der Waals surface area contributed by atoms with Gasteiger partial charge in [0.1, 0.15) is 17.9 Å². The van der Waals surface area contributed by atoms with E-state index in [0.717, 1.165) is 11.2 Å². The molecule has 3 heterocycles. The number of anilines is 1. The first-order valence-electron chi connectivity index (χ1n) is 7.53. The molecule has 3 aromatic heterocycles. The Morgan fingerprint density at radius 3 is 2.72 bits per heavy atom. The Morgan fingerprint density at radius 1 is 1.16 bits per heavy atom. The predicted molar refractivity (Wildman–Crippen MR) is 89.2 cm³/mol. The molecule has 25 heavy (non-hydrogen) atoms. The number of fused-ring (bicyclic) bond motifs is 1. The third kappa shape index (κ3) is 2.66. The van der Waals surface area contributed by atoms with Crippen LogP contribution in [0.2, 0.25) is 0 Å². The average Bonchev–Trinajstić information content (AvgIpc) is 3.23. The second kappa shape index (κ2) is 6.21. The molecular weight excluding hydrogens is 324 g/mol. The number of nitrogens with two attached hydrogens (primary N) is 1. The summed E-state index contributed by atoms with van der Waals surface area (Å²) in [7, 11) is 0. The lowest BCUT2D eigenvalue weighted by atomic mass is 10.2. The fourth-order valence-corrected chi connectivity index (χ4v) is 2.56. The number of ether oxygens (including phenoxy) is 1. The maximum Gasteiger partial charge on any atom is 0.199 e. The molecule has 0 spiro atoms. The number of pyridine rings is 1. The standard InChI is InChI=1S/C16H14N6O3/c17-15-14(20-25-21-15)16-19-12-9-18-6-5-13(12)22(16)10-1-3-11(4-2-10)24-8-7-23/h1-6,9,23H,7-8H2,(H2,17,21). The van der Waals surface area contributed by atoms with Crippen LogP contribution < -0.4 is 10.5 Å². The van der Waals surface area contributed by atoms with E-state index < -0.39 is 0 Å². The Balaban J connectivity index is 1.87. The number of nitrogen functional groups attached to an aromatic ring is 1. The lowest BCUT2D eigenvalue weighted by molar-refractivity contribution is 0.201. The van der Waals surface area contributed by atoms with Gasteiger partial charge in [-0.15, -0.1) is 0 Å². The molecule has 0 aliphatic carbocycles. The Labute approximate surface area is 141 Å². The summed E-state index contributed by atoms with van der Waals surface area (Å²) < 4.78 is 12.0. The van der Waals surface area contributed by atoms with Gasteiger partial charge in [-0.2, -0.15) is 0 Å². The molecular formula is C16H14N6O3. The van der Waals surface area contributed by atoms with E-state index in [1.165, 1.54) is 0 Å². The van der Waals surface area contributed by atoms with Gasteiger partial charge in [-0.25, -0.2) is 9.61 Å². The molecule has 0 atom stereocenters. The molecule has 0 radical (unpaired) electrons. The number of hydrogen-bond donors (Lipinski definition) is 2. The van der Waals surface area contributed by atoms with E-state index in [9.17, 15) is 0 Å².